The van der Waals surface area contributed by atoms with E-state index in [0.29, 0.717) is 0 Å². The summed E-state index contributed by atoms with van der Waals surface area (Å²) >= 11 is 0. The highest BCUT2D eigenvalue weighted by Gasteiger charge is 2.15. The third-order valence-electron chi connectivity index (χ3n) is 2.26. The molecule has 0 spiro atoms. The van der Waals surface area contributed by atoms with E-state index in [1.54, 1.807) is 0 Å². The van der Waals surface area contributed by atoms with Gasteiger partial charge in [-0.05, 0) is 19.4 Å². The first-order valence-corrected chi connectivity index (χ1v) is 5.27. The van der Waals surface area contributed by atoms with Gasteiger partial charge in [-0.25, -0.2) is 9.37 Å². The molecule has 16 heavy (non-hydrogen) atoms. The minimum atomic E-state index is -0.760. The van der Waals surface area contributed by atoms with Crippen LogP contribution in [-0.4, -0.2) is 16.9 Å². The van der Waals surface area contributed by atoms with Crippen LogP contribution in [0.15, 0.2) is 12.3 Å². The molecule has 0 aliphatic rings. The second kappa shape index (κ2) is 5.44. The second-order valence-electron chi connectivity index (χ2n) is 3.72. The fourth-order valence-corrected chi connectivity index (χ4v) is 1.44. The van der Waals surface area contributed by atoms with Gasteiger partial charge in [0, 0.05) is 12.2 Å². The highest BCUT2D eigenvalue weighted by atomic mass is 19.1. The van der Waals surface area contributed by atoms with Crippen LogP contribution < -0.4 is 11.1 Å². The van der Waals surface area contributed by atoms with Crippen molar-refractivity contribution in [1.82, 2.24) is 10.3 Å². The second-order valence-corrected chi connectivity index (χ2v) is 3.72. The standard InChI is InChI=1S/C11H16FN3O/c1-3-4-7(2)15-11(16)8-5-6-14-10(13)9(8)12/h5-7H,3-4H2,1-2H3,(H2,13,14)(H,15,16). The molecule has 3 N–H and O–H groups in total. The van der Waals surface area contributed by atoms with E-state index in [1.807, 2.05) is 13.8 Å². The van der Waals surface area contributed by atoms with Gasteiger partial charge in [-0.1, -0.05) is 13.3 Å². The van der Waals surface area contributed by atoms with Gasteiger partial charge in [0.05, 0.1) is 5.56 Å². The summed E-state index contributed by atoms with van der Waals surface area (Å²) in [6.07, 6.45) is 3.13. The Morgan fingerprint density at radius 3 is 3.00 bits per heavy atom. The number of rotatable bonds is 4. The van der Waals surface area contributed by atoms with E-state index in [2.05, 4.69) is 10.3 Å². The highest BCUT2D eigenvalue weighted by Crippen LogP contribution is 2.12. The molecule has 1 amide bonds. The lowest BCUT2D eigenvalue weighted by atomic mass is 10.1. The van der Waals surface area contributed by atoms with Gasteiger partial charge in [-0.15, -0.1) is 0 Å². The Kier molecular flexibility index (Phi) is 4.22. The molecule has 88 valence electrons. The molecule has 0 saturated carbocycles. The summed E-state index contributed by atoms with van der Waals surface area (Å²) in [7, 11) is 0. The molecule has 0 saturated heterocycles. The molecule has 0 aliphatic heterocycles. The van der Waals surface area contributed by atoms with Crippen LogP contribution in [0.2, 0.25) is 0 Å². The van der Waals surface area contributed by atoms with Crippen molar-refractivity contribution in [3.63, 3.8) is 0 Å². The molecule has 1 atom stereocenters. The molecular formula is C11H16FN3O. The van der Waals surface area contributed by atoms with E-state index in [0.717, 1.165) is 12.8 Å². The predicted molar refractivity (Wildman–Crippen MR) is 60.4 cm³/mol. The van der Waals surface area contributed by atoms with Crippen LogP contribution in [0.3, 0.4) is 0 Å². The first kappa shape index (κ1) is 12.4. The van der Waals surface area contributed by atoms with Gasteiger partial charge in [0.2, 0.25) is 0 Å². The van der Waals surface area contributed by atoms with Crippen molar-refractivity contribution in [2.75, 3.05) is 5.73 Å². The molecule has 1 aromatic heterocycles. The van der Waals surface area contributed by atoms with Crippen molar-refractivity contribution >= 4 is 11.7 Å². The first-order valence-electron chi connectivity index (χ1n) is 5.27. The number of nitrogens with zero attached hydrogens (tertiary/aromatic N) is 1. The maximum absolute atomic E-state index is 13.4. The molecule has 1 rings (SSSR count). The van der Waals surface area contributed by atoms with Crippen molar-refractivity contribution < 1.29 is 9.18 Å². The molecule has 5 heteroatoms. The van der Waals surface area contributed by atoms with Crippen molar-refractivity contribution in [2.24, 2.45) is 0 Å². The molecule has 1 aromatic rings. The molecule has 0 aromatic carbocycles. The number of nitrogen functional groups attached to an aromatic ring is 1. The van der Waals surface area contributed by atoms with Crippen LogP contribution in [0.1, 0.15) is 37.0 Å². The van der Waals surface area contributed by atoms with E-state index in [-0.39, 0.29) is 17.4 Å². The normalized spacial score (nSPS) is 12.2. The Morgan fingerprint density at radius 1 is 1.69 bits per heavy atom. The van der Waals surface area contributed by atoms with Crippen LogP contribution in [0.25, 0.3) is 0 Å². The van der Waals surface area contributed by atoms with Crippen LogP contribution in [0.4, 0.5) is 10.2 Å². The summed E-state index contributed by atoms with van der Waals surface area (Å²) < 4.78 is 13.4. The zero-order chi connectivity index (χ0) is 12.1. The van der Waals surface area contributed by atoms with E-state index in [9.17, 15) is 9.18 Å². The summed E-state index contributed by atoms with van der Waals surface area (Å²) in [4.78, 5) is 15.2. The largest absolute Gasteiger partial charge is 0.381 e. The lowest BCUT2D eigenvalue weighted by Gasteiger charge is -2.13. The predicted octanol–water partition coefficient (Wildman–Crippen LogP) is 1.72. The monoisotopic (exact) mass is 225 g/mol. The molecule has 0 fully saturated rings. The van der Waals surface area contributed by atoms with Gasteiger partial charge < -0.3 is 11.1 Å². The third-order valence-corrected chi connectivity index (χ3v) is 2.26. The van der Waals surface area contributed by atoms with Crippen LogP contribution >= 0.6 is 0 Å². The number of carbonyl (C=O) groups is 1. The Bertz CT molecular complexity index is 381. The number of halogens is 1. The van der Waals surface area contributed by atoms with Gasteiger partial charge in [0.1, 0.15) is 0 Å². The highest BCUT2D eigenvalue weighted by molar-refractivity contribution is 5.95. The van der Waals surface area contributed by atoms with Crippen molar-refractivity contribution in [1.29, 1.82) is 0 Å². The average molecular weight is 225 g/mol. The molecule has 0 bridgehead atoms. The van der Waals surface area contributed by atoms with E-state index in [4.69, 9.17) is 5.73 Å². The summed E-state index contributed by atoms with van der Waals surface area (Å²) in [5.41, 5.74) is 5.22. The number of anilines is 1. The quantitative estimate of drug-likeness (QED) is 0.819. The lowest BCUT2D eigenvalue weighted by molar-refractivity contribution is 0.0934. The fraction of sp³-hybridized carbons (Fsp3) is 0.455. The molecule has 4 nitrogen and oxygen atoms in total. The smallest absolute Gasteiger partial charge is 0.254 e. The van der Waals surface area contributed by atoms with Gasteiger partial charge in [0.15, 0.2) is 11.6 Å². The summed E-state index contributed by atoms with van der Waals surface area (Å²) in [6.45, 7) is 3.90. The average Bonchev–Trinajstić information content (AvgIpc) is 2.22. The van der Waals surface area contributed by atoms with Crippen LogP contribution in [0, 0.1) is 5.82 Å². The van der Waals surface area contributed by atoms with Crippen molar-refractivity contribution in [2.45, 2.75) is 32.7 Å². The Hall–Kier alpha value is -1.65. The Morgan fingerprint density at radius 2 is 2.38 bits per heavy atom. The summed E-state index contributed by atoms with van der Waals surface area (Å²) in [5.74, 6) is -1.47. The van der Waals surface area contributed by atoms with Crippen molar-refractivity contribution in [3.05, 3.63) is 23.6 Å². The first-order chi connectivity index (χ1) is 7.56. The zero-order valence-electron chi connectivity index (χ0n) is 9.46. The topological polar surface area (TPSA) is 68.0 Å². The number of nitrogens with one attached hydrogen (secondary N) is 1. The Balaban J connectivity index is 2.77. The summed E-state index contributed by atoms with van der Waals surface area (Å²) in [6, 6.07) is 1.34. The van der Waals surface area contributed by atoms with Gasteiger partial charge in [-0.3, -0.25) is 4.79 Å². The maximum Gasteiger partial charge on any atom is 0.254 e. The number of carbonyl (C=O) groups excluding carboxylic acids is 1. The molecule has 1 unspecified atom stereocenters. The SMILES string of the molecule is CCCC(C)NC(=O)c1ccnc(N)c1F. The lowest BCUT2D eigenvalue weighted by Crippen LogP contribution is -2.33. The molecular weight excluding hydrogens is 209 g/mol. The molecule has 0 aliphatic carbocycles. The number of nitrogens with two attached hydrogens (primary N) is 1. The maximum atomic E-state index is 13.4. The number of pyridine rings is 1. The molecule has 0 radical (unpaired) electrons. The number of amides is 1. The number of aromatic nitrogens is 1. The van der Waals surface area contributed by atoms with Crippen LogP contribution in [0.5, 0.6) is 0 Å². The third kappa shape index (κ3) is 2.92. The van der Waals surface area contributed by atoms with Gasteiger partial charge >= 0.3 is 0 Å². The zero-order valence-corrected chi connectivity index (χ0v) is 9.46. The molecule has 1 heterocycles. The van der Waals surface area contributed by atoms with Crippen molar-refractivity contribution in [3.8, 4) is 0 Å². The van der Waals surface area contributed by atoms with Gasteiger partial charge in [0.25, 0.3) is 5.91 Å². The van der Waals surface area contributed by atoms with E-state index in [1.165, 1.54) is 12.3 Å². The van der Waals surface area contributed by atoms with E-state index < -0.39 is 11.7 Å². The van der Waals surface area contributed by atoms with E-state index >= 15 is 0 Å². The van der Waals surface area contributed by atoms with Crippen LogP contribution in [-0.2, 0) is 0 Å². The minimum absolute atomic E-state index is 0.0197. The number of hydrogen-bond acceptors (Lipinski definition) is 3. The van der Waals surface area contributed by atoms with Gasteiger partial charge in [-0.2, -0.15) is 0 Å². The fourth-order valence-electron chi connectivity index (χ4n) is 1.44. The summed E-state index contributed by atoms with van der Waals surface area (Å²) in [5, 5.41) is 2.70. The number of hydrogen-bond donors (Lipinski definition) is 2. The minimum Gasteiger partial charge on any atom is -0.381 e. The Labute approximate surface area is 94.1 Å².